The largest absolute Gasteiger partial charge is 0.494 e. The van der Waals surface area contributed by atoms with Crippen LogP contribution < -0.4 is 25.5 Å². The second-order valence-electron chi connectivity index (χ2n) is 8.15. The Hall–Kier alpha value is -4.86. The van der Waals surface area contributed by atoms with Crippen LogP contribution in [0.15, 0.2) is 74.8 Å². The normalized spacial score (nSPS) is 12.2. The molecule has 1 N–H and O–H groups in total. The van der Waals surface area contributed by atoms with Gasteiger partial charge >= 0.3 is 5.69 Å². The first-order valence-corrected chi connectivity index (χ1v) is 11.3. The number of fused-ring (bicyclic) bond motifs is 2. The van der Waals surface area contributed by atoms with Crippen LogP contribution in [0.25, 0.3) is 33.7 Å². The van der Waals surface area contributed by atoms with Crippen LogP contribution in [0.1, 0.15) is 12.5 Å². The third-order valence-electron chi connectivity index (χ3n) is 5.84. The highest BCUT2D eigenvalue weighted by Gasteiger charge is 2.16. The quantitative estimate of drug-likeness (QED) is 0.388. The zero-order valence-electron chi connectivity index (χ0n) is 19.2. The Morgan fingerprint density at radius 2 is 1.89 bits per heavy atom. The molecule has 0 unspecified atom stereocenters. The van der Waals surface area contributed by atoms with Gasteiger partial charge in [-0.2, -0.15) is 4.98 Å². The predicted molar refractivity (Wildman–Crippen MR) is 130 cm³/mol. The molecular formula is C26H20N4O6. The molecule has 1 aliphatic heterocycles. The van der Waals surface area contributed by atoms with Gasteiger partial charge in [-0.1, -0.05) is 23.4 Å². The molecule has 36 heavy (non-hydrogen) atoms. The lowest BCUT2D eigenvalue weighted by atomic mass is 10.1. The maximum absolute atomic E-state index is 13.1. The average Bonchev–Trinajstić information content (AvgIpc) is 3.56. The predicted octanol–water partition coefficient (Wildman–Crippen LogP) is 3.58. The molecule has 10 nitrogen and oxygen atoms in total. The number of rotatable bonds is 6. The SMILES string of the molecule is CCOc1cccc(-c2noc(-c3ccc4c(=O)n(Cc5ccc6c(c5)OCO6)c(=O)[nH]c4c3)n2)c1. The summed E-state index contributed by atoms with van der Waals surface area (Å²) in [5.74, 6) is 2.60. The molecule has 0 spiro atoms. The molecule has 0 saturated heterocycles. The lowest BCUT2D eigenvalue weighted by Crippen LogP contribution is -2.35. The number of hydrogen-bond acceptors (Lipinski definition) is 8. The third-order valence-corrected chi connectivity index (χ3v) is 5.84. The summed E-state index contributed by atoms with van der Waals surface area (Å²) in [6, 6.07) is 17.7. The second kappa shape index (κ2) is 8.73. The Balaban J connectivity index is 1.32. The van der Waals surface area contributed by atoms with Gasteiger partial charge in [0, 0.05) is 11.1 Å². The lowest BCUT2D eigenvalue weighted by molar-refractivity contribution is 0.174. The van der Waals surface area contributed by atoms with Gasteiger partial charge in [-0.05, 0) is 55.0 Å². The number of nitrogens with one attached hydrogen (secondary N) is 1. The number of benzene rings is 3. The highest BCUT2D eigenvalue weighted by Crippen LogP contribution is 2.32. The summed E-state index contributed by atoms with van der Waals surface area (Å²) in [6.45, 7) is 2.71. The van der Waals surface area contributed by atoms with E-state index in [4.69, 9.17) is 18.7 Å². The van der Waals surface area contributed by atoms with Crippen LogP contribution in [0.2, 0.25) is 0 Å². The molecule has 2 aromatic heterocycles. The minimum absolute atomic E-state index is 0.0936. The average molecular weight is 484 g/mol. The van der Waals surface area contributed by atoms with Crippen molar-refractivity contribution >= 4 is 10.9 Å². The number of H-pyrrole nitrogens is 1. The first-order chi connectivity index (χ1) is 17.6. The molecule has 10 heteroatoms. The molecule has 0 atom stereocenters. The van der Waals surface area contributed by atoms with Gasteiger partial charge in [0.25, 0.3) is 11.4 Å². The van der Waals surface area contributed by atoms with Crippen molar-refractivity contribution in [1.82, 2.24) is 19.7 Å². The van der Waals surface area contributed by atoms with Crippen molar-refractivity contribution in [2.75, 3.05) is 13.4 Å². The van der Waals surface area contributed by atoms with Crippen molar-refractivity contribution in [2.24, 2.45) is 0 Å². The van der Waals surface area contributed by atoms with Crippen molar-refractivity contribution in [3.05, 3.63) is 87.1 Å². The maximum atomic E-state index is 13.1. The Morgan fingerprint density at radius 1 is 1.00 bits per heavy atom. The summed E-state index contributed by atoms with van der Waals surface area (Å²) in [7, 11) is 0. The van der Waals surface area contributed by atoms with Crippen LogP contribution in [0, 0.1) is 0 Å². The Kier molecular flexibility index (Phi) is 5.25. The number of aromatic amines is 1. The highest BCUT2D eigenvalue weighted by molar-refractivity contribution is 5.82. The summed E-state index contributed by atoms with van der Waals surface area (Å²) in [6.07, 6.45) is 0. The molecule has 0 amide bonds. The van der Waals surface area contributed by atoms with E-state index >= 15 is 0 Å². The summed E-state index contributed by atoms with van der Waals surface area (Å²) >= 11 is 0. The summed E-state index contributed by atoms with van der Waals surface area (Å²) < 4.78 is 22.8. The molecule has 3 heterocycles. The van der Waals surface area contributed by atoms with E-state index in [0.29, 0.717) is 46.1 Å². The van der Waals surface area contributed by atoms with Gasteiger partial charge in [0.2, 0.25) is 12.6 Å². The molecule has 0 aliphatic carbocycles. The number of nitrogens with zero attached hydrogens (tertiary/aromatic N) is 3. The van der Waals surface area contributed by atoms with Gasteiger partial charge in [-0.15, -0.1) is 0 Å². The van der Waals surface area contributed by atoms with Crippen molar-refractivity contribution in [3.8, 4) is 40.1 Å². The molecule has 0 bridgehead atoms. The molecule has 6 rings (SSSR count). The summed E-state index contributed by atoms with van der Waals surface area (Å²) in [5.41, 5.74) is 1.51. The molecule has 180 valence electrons. The van der Waals surface area contributed by atoms with Gasteiger partial charge in [-0.25, -0.2) is 4.79 Å². The smallest absolute Gasteiger partial charge is 0.329 e. The molecule has 0 saturated carbocycles. The minimum Gasteiger partial charge on any atom is -0.494 e. The van der Waals surface area contributed by atoms with Crippen molar-refractivity contribution < 1.29 is 18.7 Å². The lowest BCUT2D eigenvalue weighted by Gasteiger charge is -2.08. The van der Waals surface area contributed by atoms with Crippen molar-refractivity contribution in [3.63, 3.8) is 0 Å². The molecule has 1 aliphatic rings. The first kappa shape index (κ1) is 21.7. The van der Waals surface area contributed by atoms with Crippen LogP contribution in [-0.4, -0.2) is 33.1 Å². The van der Waals surface area contributed by atoms with Crippen molar-refractivity contribution in [2.45, 2.75) is 13.5 Å². The van der Waals surface area contributed by atoms with E-state index in [1.807, 2.05) is 31.2 Å². The molecule has 0 fully saturated rings. The zero-order valence-corrected chi connectivity index (χ0v) is 19.2. The molecule has 5 aromatic rings. The van der Waals surface area contributed by atoms with Crippen LogP contribution in [0.4, 0.5) is 0 Å². The van der Waals surface area contributed by atoms with Gasteiger partial charge in [0.15, 0.2) is 11.5 Å². The van der Waals surface area contributed by atoms with Gasteiger partial charge in [-0.3, -0.25) is 9.36 Å². The van der Waals surface area contributed by atoms with E-state index in [1.165, 1.54) is 0 Å². The van der Waals surface area contributed by atoms with Crippen LogP contribution in [-0.2, 0) is 6.54 Å². The van der Waals surface area contributed by atoms with Crippen LogP contribution in [0.3, 0.4) is 0 Å². The number of ether oxygens (including phenoxy) is 3. The second-order valence-corrected chi connectivity index (χ2v) is 8.15. The van der Waals surface area contributed by atoms with Crippen LogP contribution >= 0.6 is 0 Å². The zero-order chi connectivity index (χ0) is 24.6. The van der Waals surface area contributed by atoms with E-state index < -0.39 is 11.2 Å². The monoisotopic (exact) mass is 484 g/mol. The Labute approximate surface area is 203 Å². The summed E-state index contributed by atoms with van der Waals surface area (Å²) in [5, 5.41) is 4.43. The fourth-order valence-electron chi connectivity index (χ4n) is 4.10. The minimum atomic E-state index is -0.527. The Morgan fingerprint density at radius 3 is 2.78 bits per heavy atom. The van der Waals surface area contributed by atoms with Crippen molar-refractivity contribution in [1.29, 1.82) is 0 Å². The Bertz CT molecular complexity index is 1720. The van der Waals surface area contributed by atoms with Gasteiger partial charge in [0.1, 0.15) is 5.75 Å². The first-order valence-electron chi connectivity index (χ1n) is 11.3. The fourth-order valence-corrected chi connectivity index (χ4v) is 4.10. The summed E-state index contributed by atoms with van der Waals surface area (Å²) in [4.78, 5) is 33.2. The van der Waals surface area contributed by atoms with E-state index in [1.54, 1.807) is 36.4 Å². The van der Waals surface area contributed by atoms with E-state index in [2.05, 4.69) is 15.1 Å². The molecule has 0 radical (unpaired) electrons. The highest BCUT2D eigenvalue weighted by atomic mass is 16.7. The fraction of sp³-hybridized carbons (Fsp3) is 0.154. The van der Waals surface area contributed by atoms with Crippen LogP contribution in [0.5, 0.6) is 17.2 Å². The maximum Gasteiger partial charge on any atom is 0.329 e. The molecular weight excluding hydrogens is 464 g/mol. The van der Waals surface area contributed by atoms with Gasteiger partial charge in [0.05, 0.1) is 24.1 Å². The third kappa shape index (κ3) is 3.88. The number of hydrogen-bond donors (Lipinski definition) is 1. The standard InChI is InChI=1S/C26H20N4O6/c1-2-33-18-5-3-4-16(11-18)23-28-24(36-29-23)17-7-8-19-20(12-17)27-26(32)30(25(19)31)13-15-6-9-21-22(10-15)35-14-34-21/h3-12H,2,13-14H2,1H3,(H,27,32). The van der Waals surface area contributed by atoms with E-state index in [-0.39, 0.29) is 19.2 Å². The van der Waals surface area contributed by atoms with E-state index in [0.717, 1.165) is 15.7 Å². The van der Waals surface area contributed by atoms with Gasteiger partial charge < -0.3 is 23.7 Å². The molecule has 3 aromatic carbocycles. The number of aromatic nitrogens is 4. The topological polar surface area (TPSA) is 121 Å². The van der Waals surface area contributed by atoms with E-state index in [9.17, 15) is 9.59 Å².